The summed E-state index contributed by atoms with van der Waals surface area (Å²) in [6.07, 6.45) is 7.64. The lowest BCUT2D eigenvalue weighted by molar-refractivity contribution is -0.125. The summed E-state index contributed by atoms with van der Waals surface area (Å²) in [5.41, 5.74) is 0. The van der Waals surface area contributed by atoms with E-state index in [4.69, 9.17) is 6.42 Å². The van der Waals surface area contributed by atoms with Crippen molar-refractivity contribution in [2.24, 2.45) is 5.92 Å². The van der Waals surface area contributed by atoms with Crippen LogP contribution in [0.25, 0.3) is 0 Å². The summed E-state index contributed by atoms with van der Waals surface area (Å²) in [5, 5.41) is 6.16. The zero-order valence-electron chi connectivity index (χ0n) is 11.5. The second-order valence-corrected chi connectivity index (χ2v) is 4.90. The topological polar surface area (TPSA) is 44.4 Å². The zero-order chi connectivity index (χ0) is 13.4. The molecule has 18 heavy (non-hydrogen) atoms. The van der Waals surface area contributed by atoms with E-state index in [0.29, 0.717) is 12.5 Å². The van der Waals surface area contributed by atoms with Crippen molar-refractivity contribution in [1.29, 1.82) is 0 Å². The smallest absolute Gasteiger partial charge is 0.237 e. The molecule has 0 aromatic heterocycles. The van der Waals surface area contributed by atoms with Gasteiger partial charge in [-0.25, -0.2) is 0 Å². The van der Waals surface area contributed by atoms with E-state index in [1.54, 1.807) is 0 Å². The minimum atomic E-state index is -0.106. The molecule has 0 radical (unpaired) electrons. The van der Waals surface area contributed by atoms with Gasteiger partial charge in [-0.05, 0) is 45.3 Å². The minimum absolute atomic E-state index is 0.0265. The number of nitrogens with one attached hydrogen (secondary N) is 2. The van der Waals surface area contributed by atoms with Gasteiger partial charge in [-0.3, -0.25) is 9.69 Å². The molecule has 0 aromatic carbocycles. The summed E-state index contributed by atoms with van der Waals surface area (Å²) in [7, 11) is 0. The molecule has 4 nitrogen and oxygen atoms in total. The second kappa shape index (κ2) is 8.12. The molecule has 2 unspecified atom stereocenters. The molecule has 0 aromatic rings. The van der Waals surface area contributed by atoms with Gasteiger partial charge in [0.1, 0.15) is 0 Å². The largest absolute Gasteiger partial charge is 0.344 e. The molecule has 0 bridgehead atoms. The van der Waals surface area contributed by atoms with Crippen molar-refractivity contribution in [2.75, 3.05) is 32.7 Å². The van der Waals surface area contributed by atoms with Gasteiger partial charge in [0, 0.05) is 6.54 Å². The highest BCUT2D eigenvalue weighted by Gasteiger charge is 2.23. The van der Waals surface area contributed by atoms with E-state index in [-0.39, 0.29) is 11.9 Å². The average Bonchev–Trinajstić information content (AvgIpc) is 2.42. The van der Waals surface area contributed by atoms with Crippen LogP contribution in [-0.4, -0.2) is 49.6 Å². The van der Waals surface area contributed by atoms with Crippen molar-refractivity contribution in [3.8, 4) is 12.3 Å². The fraction of sp³-hybridized carbons (Fsp3) is 0.786. The van der Waals surface area contributed by atoms with Crippen LogP contribution in [0, 0.1) is 18.3 Å². The summed E-state index contributed by atoms with van der Waals surface area (Å²) < 4.78 is 0. The van der Waals surface area contributed by atoms with E-state index < -0.39 is 0 Å². The van der Waals surface area contributed by atoms with Crippen LogP contribution in [0.4, 0.5) is 0 Å². The fourth-order valence-corrected chi connectivity index (χ4v) is 2.42. The Morgan fingerprint density at radius 2 is 2.44 bits per heavy atom. The molecule has 0 saturated carbocycles. The van der Waals surface area contributed by atoms with Gasteiger partial charge in [-0.2, -0.15) is 0 Å². The van der Waals surface area contributed by atoms with Gasteiger partial charge >= 0.3 is 0 Å². The minimum Gasteiger partial charge on any atom is -0.344 e. The van der Waals surface area contributed by atoms with Crippen LogP contribution in [0.2, 0.25) is 0 Å². The second-order valence-electron chi connectivity index (χ2n) is 4.90. The van der Waals surface area contributed by atoms with Crippen LogP contribution >= 0.6 is 0 Å². The van der Waals surface area contributed by atoms with E-state index >= 15 is 0 Å². The highest BCUT2D eigenvalue weighted by atomic mass is 16.2. The average molecular weight is 251 g/mol. The van der Waals surface area contributed by atoms with Crippen molar-refractivity contribution < 1.29 is 4.79 Å². The van der Waals surface area contributed by atoms with E-state index in [1.807, 2.05) is 6.92 Å². The Kier molecular flexibility index (Phi) is 6.77. The summed E-state index contributed by atoms with van der Waals surface area (Å²) in [6, 6.07) is -0.106. The number of carbonyl (C=O) groups is 1. The van der Waals surface area contributed by atoms with Gasteiger partial charge < -0.3 is 10.6 Å². The first kappa shape index (κ1) is 15.0. The Bertz CT molecular complexity index is 292. The molecule has 1 amide bonds. The maximum Gasteiger partial charge on any atom is 0.237 e. The third kappa shape index (κ3) is 4.67. The molecule has 2 atom stereocenters. The van der Waals surface area contributed by atoms with Crippen molar-refractivity contribution >= 4 is 5.91 Å². The lowest BCUT2D eigenvalue weighted by Gasteiger charge is -2.32. The van der Waals surface area contributed by atoms with Crippen molar-refractivity contribution in [2.45, 2.75) is 32.7 Å². The van der Waals surface area contributed by atoms with Crippen molar-refractivity contribution in [1.82, 2.24) is 15.5 Å². The molecular formula is C14H25N3O. The third-order valence-electron chi connectivity index (χ3n) is 3.59. The van der Waals surface area contributed by atoms with Crippen LogP contribution in [0.15, 0.2) is 0 Å². The molecule has 1 rings (SSSR count). The number of piperidine rings is 1. The maximum atomic E-state index is 11.9. The van der Waals surface area contributed by atoms with E-state index in [9.17, 15) is 4.79 Å². The van der Waals surface area contributed by atoms with Gasteiger partial charge in [0.05, 0.1) is 12.6 Å². The Balaban J connectivity index is 2.43. The standard InChI is InChI=1S/C14H25N3O/c1-4-8-16-14(18)12(3)17(5-2)11-13-7-6-9-15-10-13/h1,12-13,15H,5-11H2,2-3H3,(H,16,18). The molecule has 0 spiro atoms. The molecule has 2 N–H and O–H groups in total. The number of carbonyl (C=O) groups excluding carboxylic acids is 1. The van der Waals surface area contributed by atoms with E-state index in [2.05, 4.69) is 28.4 Å². The number of rotatable bonds is 6. The summed E-state index contributed by atoms with van der Waals surface area (Å²) in [6.45, 7) is 8.42. The number of hydrogen-bond donors (Lipinski definition) is 2. The predicted molar refractivity (Wildman–Crippen MR) is 74.1 cm³/mol. The lowest BCUT2D eigenvalue weighted by Crippen LogP contribution is -2.48. The van der Waals surface area contributed by atoms with Gasteiger partial charge in [0.15, 0.2) is 0 Å². The molecular weight excluding hydrogens is 226 g/mol. The third-order valence-corrected chi connectivity index (χ3v) is 3.59. The fourth-order valence-electron chi connectivity index (χ4n) is 2.42. The van der Waals surface area contributed by atoms with Crippen LogP contribution < -0.4 is 10.6 Å². The Hall–Kier alpha value is -1.05. The SMILES string of the molecule is C#CCNC(=O)C(C)N(CC)CC1CCCNC1. The molecule has 1 heterocycles. The van der Waals surface area contributed by atoms with Crippen LogP contribution in [0.1, 0.15) is 26.7 Å². The highest BCUT2D eigenvalue weighted by Crippen LogP contribution is 2.13. The molecule has 1 aliphatic rings. The molecule has 4 heteroatoms. The Labute approximate surface area is 110 Å². The Morgan fingerprint density at radius 3 is 3.00 bits per heavy atom. The summed E-state index contributed by atoms with van der Waals surface area (Å²) in [5.74, 6) is 3.11. The number of hydrogen-bond acceptors (Lipinski definition) is 3. The number of nitrogens with zero attached hydrogens (tertiary/aromatic N) is 1. The van der Waals surface area contributed by atoms with Crippen LogP contribution in [0.5, 0.6) is 0 Å². The number of likely N-dealkylation sites (N-methyl/N-ethyl adjacent to an activating group) is 1. The zero-order valence-corrected chi connectivity index (χ0v) is 11.5. The first-order valence-electron chi connectivity index (χ1n) is 6.85. The Morgan fingerprint density at radius 1 is 1.67 bits per heavy atom. The van der Waals surface area contributed by atoms with Gasteiger partial charge in [0.2, 0.25) is 5.91 Å². The summed E-state index contributed by atoms with van der Waals surface area (Å²) in [4.78, 5) is 14.1. The maximum absolute atomic E-state index is 11.9. The molecule has 1 saturated heterocycles. The predicted octanol–water partition coefficient (Wildman–Crippen LogP) is 0.446. The lowest BCUT2D eigenvalue weighted by atomic mass is 9.98. The highest BCUT2D eigenvalue weighted by molar-refractivity contribution is 5.81. The van der Waals surface area contributed by atoms with Gasteiger partial charge in [-0.15, -0.1) is 6.42 Å². The quantitative estimate of drug-likeness (QED) is 0.674. The molecule has 0 aliphatic carbocycles. The molecule has 1 aliphatic heterocycles. The van der Waals surface area contributed by atoms with E-state index in [1.165, 1.54) is 12.8 Å². The van der Waals surface area contributed by atoms with Crippen LogP contribution in [0.3, 0.4) is 0 Å². The van der Waals surface area contributed by atoms with Crippen LogP contribution in [-0.2, 0) is 4.79 Å². The summed E-state index contributed by atoms with van der Waals surface area (Å²) >= 11 is 0. The first-order chi connectivity index (χ1) is 8.69. The van der Waals surface area contributed by atoms with Crippen molar-refractivity contribution in [3.05, 3.63) is 0 Å². The molecule has 102 valence electrons. The first-order valence-corrected chi connectivity index (χ1v) is 6.85. The molecule has 1 fully saturated rings. The van der Waals surface area contributed by atoms with Crippen molar-refractivity contribution in [3.63, 3.8) is 0 Å². The van der Waals surface area contributed by atoms with Gasteiger partial charge in [-0.1, -0.05) is 12.8 Å². The number of amides is 1. The number of terminal acetylenes is 1. The normalized spacial score (nSPS) is 21.3. The van der Waals surface area contributed by atoms with Gasteiger partial charge in [0.25, 0.3) is 0 Å². The monoisotopic (exact) mass is 251 g/mol. The van der Waals surface area contributed by atoms with E-state index in [0.717, 1.165) is 26.2 Å².